The Morgan fingerprint density at radius 2 is 2.25 bits per heavy atom. The first-order valence-corrected chi connectivity index (χ1v) is 8.12. The molecule has 126 valence electrons. The number of thiophene rings is 1. The van der Waals surface area contributed by atoms with Crippen LogP contribution in [0.3, 0.4) is 0 Å². The molecule has 0 saturated carbocycles. The zero-order valence-electron chi connectivity index (χ0n) is 12.8. The minimum Gasteiger partial charge on any atom is -0.389 e. The Hall–Kier alpha value is -2.59. The molecule has 1 atom stereocenters. The van der Waals surface area contributed by atoms with Crippen molar-refractivity contribution < 1.29 is 10.0 Å². The van der Waals surface area contributed by atoms with Crippen molar-refractivity contribution in [1.82, 2.24) is 19.3 Å². The monoisotopic (exact) mass is 349 g/mol. The number of hydrogen-bond acceptors (Lipinski definition) is 7. The van der Waals surface area contributed by atoms with Gasteiger partial charge in [0.1, 0.15) is 17.2 Å². The number of fused-ring (bicyclic) bond motifs is 1. The first-order valence-electron chi connectivity index (χ1n) is 7.30. The average Bonchev–Trinajstić information content (AvgIpc) is 3.17. The van der Waals surface area contributed by atoms with Gasteiger partial charge in [-0.05, 0) is 12.5 Å². The lowest BCUT2D eigenvalue weighted by Gasteiger charge is -2.12. The van der Waals surface area contributed by atoms with Crippen LogP contribution in [0.5, 0.6) is 0 Å². The van der Waals surface area contributed by atoms with Crippen molar-refractivity contribution in [3.63, 3.8) is 0 Å². The van der Waals surface area contributed by atoms with Crippen LogP contribution in [-0.2, 0) is 19.5 Å². The van der Waals surface area contributed by atoms with Crippen LogP contribution in [0.1, 0.15) is 11.8 Å². The molecule has 0 bridgehead atoms. The van der Waals surface area contributed by atoms with Crippen molar-refractivity contribution in [1.29, 1.82) is 0 Å². The van der Waals surface area contributed by atoms with E-state index >= 15 is 0 Å². The van der Waals surface area contributed by atoms with Crippen molar-refractivity contribution in [2.75, 3.05) is 0 Å². The molecule has 0 spiro atoms. The molecule has 3 aromatic rings. The Morgan fingerprint density at radius 3 is 2.92 bits per heavy atom. The van der Waals surface area contributed by atoms with Crippen molar-refractivity contribution in [2.24, 2.45) is 0 Å². The summed E-state index contributed by atoms with van der Waals surface area (Å²) >= 11 is 1.48. The number of aryl methyl sites for hydroxylation is 1. The van der Waals surface area contributed by atoms with Gasteiger partial charge in [-0.1, -0.05) is 6.92 Å². The Labute approximate surface area is 140 Å². The Bertz CT molecular complexity index is 944. The van der Waals surface area contributed by atoms with Crippen molar-refractivity contribution in [2.45, 2.75) is 32.5 Å². The molecule has 9 nitrogen and oxygen atoms in total. The van der Waals surface area contributed by atoms with Gasteiger partial charge in [0.2, 0.25) is 0 Å². The summed E-state index contributed by atoms with van der Waals surface area (Å²) in [5.41, 5.74) is -0.353. The van der Waals surface area contributed by atoms with Crippen LogP contribution >= 0.6 is 11.3 Å². The molecule has 0 saturated heterocycles. The number of aliphatic hydroxyl groups is 1. The van der Waals surface area contributed by atoms with Crippen molar-refractivity contribution >= 4 is 27.2 Å². The van der Waals surface area contributed by atoms with Gasteiger partial charge >= 0.3 is 5.69 Å². The normalized spacial score (nSPS) is 12.6. The van der Waals surface area contributed by atoms with E-state index in [0.29, 0.717) is 10.2 Å². The average molecular weight is 349 g/mol. The number of aliphatic hydroxyl groups excluding tert-OH is 1. The SMILES string of the molecule is CCc1cc2c(=O)n(C[C@@H](O)Cn3cc([N+](=O)[O-])cn3)cnc2s1. The highest BCUT2D eigenvalue weighted by atomic mass is 32.1. The number of nitrogens with zero attached hydrogens (tertiary/aromatic N) is 5. The third-order valence-electron chi connectivity index (χ3n) is 3.55. The number of nitro groups is 1. The maximum Gasteiger partial charge on any atom is 0.306 e. The number of rotatable bonds is 6. The number of hydrogen-bond donors (Lipinski definition) is 1. The van der Waals surface area contributed by atoms with Gasteiger partial charge in [0.15, 0.2) is 0 Å². The summed E-state index contributed by atoms with van der Waals surface area (Å²) in [4.78, 5) is 28.5. The van der Waals surface area contributed by atoms with Gasteiger partial charge in [-0.3, -0.25) is 24.2 Å². The standard InChI is InChI=1S/C14H15N5O4S/c1-2-11-3-12-13(24-11)15-8-17(14(12)21)6-10(20)7-18-5-9(4-16-18)19(22)23/h3-5,8,10,20H,2,6-7H2,1H3/t10-/m1/s1. The molecule has 24 heavy (non-hydrogen) atoms. The summed E-state index contributed by atoms with van der Waals surface area (Å²) < 4.78 is 2.62. The second-order valence-electron chi connectivity index (χ2n) is 5.32. The maximum atomic E-state index is 12.4. The fourth-order valence-electron chi connectivity index (χ4n) is 2.36. The largest absolute Gasteiger partial charge is 0.389 e. The molecule has 1 N–H and O–H groups in total. The van der Waals surface area contributed by atoms with E-state index in [1.807, 2.05) is 13.0 Å². The predicted octanol–water partition coefficient (Wildman–Crippen LogP) is 1.19. The molecular weight excluding hydrogens is 334 g/mol. The van der Waals surface area contributed by atoms with Crippen LogP contribution in [0.2, 0.25) is 0 Å². The Morgan fingerprint density at radius 1 is 1.46 bits per heavy atom. The molecule has 3 rings (SSSR count). The predicted molar refractivity (Wildman–Crippen MR) is 88.1 cm³/mol. The van der Waals surface area contributed by atoms with E-state index in [0.717, 1.165) is 17.5 Å². The van der Waals surface area contributed by atoms with Gasteiger partial charge in [-0.25, -0.2) is 4.98 Å². The van der Waals surface area contributed by atoms with E-state index in [-0.39, 0.29) is 24.3 Å². The molecule has 0 amide bonds. The highest BCUT2D eigenvalue weighted by Gasteiger charge is 2.14. The van der Waals surface area contributed by atoms with Crippen molar-refractivity contribution in [3.8, 4) is 0 Å². The van der Waals surface area contributed by atoms with Crippen LogP contribution < -0.4 is 5.56 Å². The molecule has 3 heterocycles. The molecule has 0 aliphatic rings. The second-order valence-corrected chi connectivity index (χ2v) is 6.43. The van der Waals surface area contributed by atoms with Gasteiger partial charge in [0, 0.05) is 4.88 Å². The molecule has 3 aromatic heterocycles. The quantitative estimate of drug-likeness (QED) is 0.528. The summed E-state index contributed by atoms with van der Waals surface area (Å²) in [6.45, 7) is 2.09. The third kappa shape index (κ3) is 3.19. The Balaban J connectivity index is 1.77. The molecular formula is C14H15N5O4S. The van der Waals surface area contributed by atoms with E-state index in [1.54, 1.807) is 0 Å². The third-order valence-corrected chi connectivity index (χ3v) is 4.74. The Kier molecular flexibility index (Phi) is 4.40. The van der Waals surface area contributed by atoms with E-state index in [4.69, 9.17) is 0 Å². The highest BCUT2D eigenvalue weighted by Crippen LogP contribution is 2.21. The van der Waals surface area contributed by atoms with Gasteiger partial charge in [-0.15, -0.1) is 11.3 Å². The second kappa shape index (κ2) is 6.49. The summed E-state index contributed by atoms with van der Waals surface area (Å²) in [5, 5.41) is 25.1. The molecule has 0 fully saturated rings. The molecule has 0 aromatic carbocycles. The summed E-state index contributed by atoms with van der Waals surface area (Å²) in [5.74, 6) is 0. The van der Waals surface area contributed by atoms with E-state index in [9.17, 15) is 20.0 Å². The summed E-state index contributed by atoms with van der Waals surface area (Å²) in [7, 11) is 0. The zero-order valence-corrected chi connectivity index (χ0v) is 13.6. The lowest BCUT2D eigenvalue weighted by molar-refractivity contribution is -0.385. The van der Waals surface area contributed by atoms with Crippen LogP contribution in [-0.4, -0.2) is 35.5 Å². The highest BCUT2D eigenvalue weighted by molar-refractivity contribution is 7.18. The smallest absolute Gasteiger partial charge is 0.306 e. The van der Waals surface area contributed by atoms with E-state index in [2.05, 4.69) is 10.1 Å². The fraction of sp³-hybridized carbons (Fsp3) is 0.357. The molecule has 0 aliphatic heterocycles. The van der Waals surface area contributed by atoms with Crippen molar-refractivity contribution in [3.05, 3.63) is 50.1 Å². The van der Waals surface area contributed by atoms with Gasteiger partial charge in [0.25, 0.3) is 5.56 Å². The van der Waals surface area contributed by atoms with Crippen LogP contribution in [0.25, 0.3) is 10.2 Å². The van der Waals surface area contributed by atoms with Gasteiger partial charge in [0.05, 0.1) is 35.8 Å². The van der Waals surface area contributed by atoms with E-state index in [1.165, 1.54) is 33.1 Å². The zero-order chi connectivity index (χ0) is 17.3. The topological polar surface area (TPSA) is 116 Å². The molecule has 0 unspecified atom stereocenters. The van der Waals surface area contributed by atoms with Crippen LogP contribution in [0, 0.1) is 10.1 Å². The first kappa shape index (κ1) is 16.3. The lowest BCUT2D eigenvalue weighted by atomic mass is 10.3. The van der Waals surface area contributed by atoms with E-state index < -0.39 is 11.0 Å². The molecule has 10 heteroatoms. The molecule has 0 aliphatic carbocycles. The van der Waals surface area contributed by atoms with Crippen LogP contribution in [0.4, 0.5) is 5.69 Å². The first-order chi connectivity index (χ1) is 11.5. The summed E-state index contributed by atoms with van der Waals surface area (Å²) in [6.07, 6.45) is 3.67. The van der Waals surface area contributed by atoms with Crippen LogP contribution in [0.15, 0.2) is 29.6 Å². The lowest BCUT2D eigenvalue weighted by Crippen LogP contribution is -2.29. The fourth-order valence-corrected chi connectivity index (χ4v) is 3.29. The summed E-state index contributed by atoms with van der Waals surface area (Å²) in [6, 6.07) is 1.83. The maximum absolute atomic E-state index is 12.4. The minimum absolute atomic E-state index is 0.0345. The van der Waals surface area contributed by atoms with Gasteiger partial charge in [-0.2, -0.15) is 5.10 Å². The molecule has 0 radical (unpaired) electrons. The van der Waals surface area contributed by atoms with Gasteiger partial charge < -0.3 is 5.11 Å². The number of aromatic nitrogens is 4. The minimum atomic E-state index is -0.925.